The molecule has 1 fully saturated rings. The van der Waals surface area contributed by atoms with Crippen molar-refractivity contribution in [3.05, 3.63) is 17.7 Å². The third-order valence-corrected chi connectivity index (χ3v) is 3.88. The summed E-state index contributed by atoms with van der Waals surface area (Å²) in [7, 11) is 5.14. The van der Waals surface area contributed by atoms with Crippen LogP contribution in [-0.4, -0.2) is 62.7 Å². The Hall–Kier alpha value is -1.95. The Morgan fingerprint density at radius 2 is 1.86 bits per heavy atom. The fourth-order valence-corrected chi connectivity index (χ4v) is 2.68. The Morgan fingerprint density at radius 3 is 2.43 bits per heavy atom. The summed E-state index contributed by atoms with van der Waals surface area (Å²) in [4.78, 5) is 16.8. The lowest BCUT2D eigenvalue weighted by molar-refractivity contribution is 0.0534. The zero-order valence-corrected chi connectivity index (χ0v) is 13.0. The van der Waals surface area contributed by atoms with Gasteiger partial charge in [0.2, 0.25) is 0 Å². The van der Waals surface area contributed by atoms with Gasteiger partial charge in [-0.25, -0.2) is 0 Å². The Bertz CT molecular complexity index is 533. The predicted molar refractivity (Wildman–Crippen MR) is 82.0 cm³/mol. The van der Waals surface area contributed by atoms with Crippen LogP contribution in [-0.2, 0) is 0 Å². The number of carbonyl (C=O) groups is 1. The number of likely N-dealkylation sites (N-methyl/N-ethyl adjacent to an activating group) is 1. The van der Waals surface area contributed by atoms with Crippen LogP contribution in [0.25, 0.3) is 0 Å². The molecular weight excluding hydrogens is 270 g/mol. The molecule has 0 radical (unpaired) electrons. The lowest BCUT2D eigenvalue weighted by Crippen LogP contribution is -2.52. The molecule has 1 aliphatic heterocycles. The highest BCUT2D eigenvalue weighted by molar-refractivity contribution is 6.00. The van der Waals surface area contributed by atoms with E-state index in [0.717, 1.165) is 13.1 Å². The van der Waals surface area contributed by atoms with Crippen LogP contribution >= 0.6 is 0 Å². The van der Waals surface area contributed by atoms with Crippen LogP contribution in [0.2, 0.25) is 0 Å². The normalized spacial score (nSPS) is 19.4. The van der Waals surface area contributed by atoms with Crippen LogP contribution in [0.4, 0.5) is 5.69 Å². The number of anilines is 1. The van der Waals surface area contributed by atoms with E-state index in [4.69, 9.17) is 15.2 Å². The minimum Gasteiger partial charge on any atom is -0.493 e. The third-order valence-electron chi connectivity index (χ3n) is 3.88. The maximum atomic E-state index is 12.7. The lowest BCUT2D eigenvalue weighted by Gasteiger charge is -2.38. The molecule has 1 atom stereocenters. The molecule has 21 heavy (non-hydrogen) atoms. The average Bonchev–Trinajstić information content (AvgIpc) is 2.46. The van der Waals surface area contributed by atoms with E-state index in [1.54, 1.807) is 26.4 Å². The second kappa shape index (κ2) is 6.22. The first-order chi connectivity index (χ1) is 9.97. The number of hydrogen-bond donors (Lipinski definition) is 1. The zero-order chi connectivity index (χ0) is 15.6. The van der Waals surface area contributed by atoms with Crippen molar-refractivity contribution < 1.29 is 14.3 Å². The number of hydrogen-bond acceptors (Lipinski definition) is 5. The summed E-state index contributed by atoms with van der Waals surface area (Å²) in [6.45, 7) is 4.47. The van der Waals surface area contributed by atoms with Crippen LogP contribution in [0.1, 0.15) is 17.3 Å². The second-order valence-corrected chi connectivity index (χ2v) is 5.40. The molecule has 0 saturated carbocycles. The minimum atomic E-state index is -0.0611. The molecule has 1 aliphatic rings. The summed E-state index contributed by atoms with van der Waals surface area (Å²) in [6, 6.07) is 3.44. The van der Waals surface area contributed by atoms with Gasteiger partial charge in [-0.15, -0.1) is 0 Å². The van der Waals surface area contributed by atoms with Gasteiger partial charge in [0.1, 0.15) is 0 Å². The number of amides is 1. The van der Waals surface area contributed by atoms with E-state index in [9.17, 15) is 4.79 Å². The van der Waals surface area contributed by atoms with Gasteiger partial charge < -0.3 is 25.0 Å². The number of nitrogens with two attached hydrogens (primary N) is 1. The third kappa shape index (κ3) is 3.05. The van der Waals surface area contributed by atoms with Gasteiger partial charge in [-0.1, -0.05) is 0 Å². The molecule has 1 aromatic rings. The minimum absolute atomic E-state index is 0.0611. The molecule has 1 heterocycles. The highest BCUT2D eigenvalue weighted by Crippen LogP contribution is 2.32. The topological polar surface area (TPSA) is 68.0 Å². The summed E-state index contributed by atoms with van der Waals surface area (Å²) >= 11 is 0. The molecule has 1 amide bonds. The summed E-state index contributed by atoms with van der Waals surface area (Å²) in [5.41, 5.74) is 6.88. The van der Waals surface area contributed by atoms with Crippen LogP contribution in [0.5, 0.6) is 11.5 Å². The molecular formula is C15H23N3O3. The van der Waals surface area contributed by atoms with Crippen molar-refractivity contribution in [1.82, 2.24) is 9.80 Å². The van der Waals surface area contributed by atoms with E-state index >= 15 is 0 Å². The van der Waals surface area contributed by atoms with E-state index in [0.29, 0.717) is 29.3 Å². The Morgan fingerprint density at radius 1 is 1.24 bits per heavy atom. The van der Waals surface area contributed by atoms with E-state index in [2.05, 4.69) is 11.9 Å². The van der Waals surface area contributed by atoms with Gasteiger partial charge in [-0.3, -0.25) is 4.79 Å². The number of nitrogen functional groups attached to an aromatic ring is 1. The molecule has 116 valence electrons. The number of benzene rings is 1. The molecule has 0 aliphatic carbocycles. The number of ether oxygens (including phenoxy) is 2. The van der Waals surface area contributed by atoms with Gasteiger partial charge >= 0.3 is 0 Å². The summed E-state index contributed by atoms with van der Waals surface area (Å²) in [6.07, 6.45) is 0. The quantitative estimate of drug-likeness (QED) is 0.844. The Balaban J connectivity index is 2.30. The number of rotatable bonds is 3. The molecule has 1 saturated heterocycles. The maximum absolute atomic E-state index is 12.7. The van der Waals surface area contributed by atoms with Crippen LogP contribution in [0.15, 0.2) is 12.1 Å². The van der Waals surface area contributed by atoms with Crippen molar-refractivity contribution in [2.75, 3.05) is 46.6 Å². The first-order valence-electron chi connectivity index (χ1n) is 6.99. The van der Waals surface area contributed by atoms with Gasteiger partial charge in [-0.2, -0.15) is 0 Å². The van der Waals surface area contributed by atoms with Crippen molar-refractivity contribution in [3.8, 4) is 11.5 Å². The van der Waals surface area contributed by atoms with E-state index in [1.165, 1.54) is 0 Å². The lowest BCUT2D eigenvalue weighted by atomic mass is 10.1. The summed E-state index contributed by atoms with van der Waals surface area (Å²) < 4.78 is 10.4. The van der Waals surface area contributed by atoms with E-state index < -0.39 is 0 Å². The molecule has 0 aromatic heterocycles. The number of piperazine rings is 1. The molecule has 0 spiro atoms. The average molecular weight is 293 g/mol. The van der Waals surface area contributed by atoms with Crippen molar-refractivity contribution in [3.63, 3.8) is 0 Å². The van der Waals surface area contributed by atoms with Gasteiger partial charge in [0.15, 0.2) is 11.5 Å². The standard InChI is InChI=1S/C15H23N3O3/c1-10-9-17(2)5-6-18(10)15(19)11-7-13(20-3)14(21-4)8-12(11)16/h7-8,10H,5-6,9,16H2,1-4H3. The smallest absolute Gasteiger partial charge is 0.256 e. The molecule has 6 heteroatoms. The highest BCUT2D eigenvalue weighted by atomic mass is 16.5. The summed E-state index contributed by atoms with van der Waals surface area (Å²) in [5.74, 6) is 0.976. The first-order valence-corrected chi connectivity index (χ1v) is 6.99. The molecule has 1 unspecified atom stereocenters. The number of nitrogens with zero attached hydrogens (tertiary/aromatic N) is 2. The van der Waals surface area contributed by atoms with Crippen LogP contribution in [0, 0.1) is 0 Å². The molecule has 2 N–H and O–H groups in total. The Labute approximate surface area is 125 Å². The highest BCUT2D eigenvalue weighted by Gasteiger charge is 2.28. The van der Waals surface area contributed by atoms with Crippen molar-refractivity contribution in [1.29, 1.82) is 0 Å². The second-order valence-electron chi connectivity index (χ2n) is 5.40. The monoisotopic (exact) mass is 293 g/mol. The molecule has 1 aromatic carbocycles. The van der Waals surface area contributed by atoms with Crippen LogP contribution < -0.4 is 15.2 Å². The molecule has 0 bridgehead atoms. The predicted octanol–water partition coefficient (Wildman–Crippen LogP) is 1.06. The molecule has 2 rings (SSSR count). The van der Waals surface area contributed by atoms with Gasteiger partial charge in [0, 0.05) is 37.4 Å². The largest absolute Gasteiger partial charge is 0.493 e. The van der Waals surface area contributed by atoms with Crippen molar-refractivity contribution >= 4 is 11.6 Å². The van der Waals surface area contributed by atoms with Gasteiger partial charge in [-0.05, 0) is 20.0 Å². The summed E-state index contributed by atoms with van der Waals surface area (Å²) in [5, 5.41) is 0. The SMILES string of the molecule is COc1cc(N)c(C(=O)N2CCN(C)CC2C)cc1OC. The number of methoxy groups -OCH3 is 2. The first kappa shape index (κ1) is 15.4. The van der Waals surface area contributed by atoms with Crippen LogP contribution in [0.3, 0.4) is 0 Å². The van der Waals surface area contributed by atoms with E-state index in [-0.39, 0.29) is 11.9 Å². The van der Waals surface area contributed by atoms with E-state index in [1.807, 2.05) is 11.8 Å². The van der Waals surface area contributed by atoms with Crippen molar-refractivity contribution in [2.45, 2.75) is 13.0 Å². The maximum Gasteiger partial charge on any atom is 0.256 e. The van der Waals surface area contributed by atoms with Gasteiger partial charge in [0.25, 0.3) is 5.91 Å². The number of carbonyl (C=O) groups excluding carboxylic acids is 1. The fraction of sp³-hybridized carbons (Fsp3) is 0.533. The Kier molecular flexibility index (Phi) is 4.57. The molecule has 6 nitrogen and oxygen atoms in total. The zero-order valence-electron chi connectivity index (χ0n) is 13.0. The van der Waals surface area contributed by atoms with Gasteiger partial charge in [0.05, 0.1) is 19.8 Å². The fourth-order valence-electron chi connectivity index (χ4n) is 2.68. The van der Waals surface area contributed by atoms with Crippen molar-refractivity contribution in [2.24, 2.45) is 0 Å².